The zero-order chi connectivity index (χ0) is 11.8. The Morgan fingerprint density at radius 1 is 1.53 bits per heavy atom. The summed E-state index contributed by atoms with van der Waals surface area (Å²) in [5.41, 5.74) is -0.286. The van der Waals surface area contributed by atoms with Crippen LogP contribution in [0.4, 0.5) is 4.79 Å². The van der Waals surface area contributed by atoms with Gasteiger partial charge in [0.1, 0.15) is 0 Å². The van der Waals surface area contributed by atoms with Crippen LogP contribution in [-0.4, -0.2) is 29.9 Å². The molecule has 7 heteroatoms. The first-order chi connectivity index (χ1) is 7.02. The topological polar surface area (TPSA) is 105 Å². The smallest absolute Gasteiger partial charge is 0.412 e. The van der Waals surface area contributed by atoms with Crippen LogP contribution >= 0.6 is 0 Å². The molecule has 0 aromatic carbocycles. The second kappa shape index (κ2) is 6.33. The summed E-state index contributed by atoms with van der Waals surface area (Å²) in [5.74, 6) is -1.70. The third-order valence-electron chi connectivity index (χ3n) is 1.33. The Balaban J connectivity index is 4.84. The average molecular weight is 214 g/mol. The number of carboxylic acid groups (broad SMARTS) is 1. The fraction of sp³-hybridized carbons (Fsp3) is 0.375. The van der Waals surface area contributed by atoms with Gasteiger partial charge in [0.15, 0.2) is 5.82 Å². The Hall–Kier alpha value is -2.14. The molecule has 0 spiro atoms. The minimum absolute atomic E-state index is 0.121. The highest BCUT2D eigenvalue weighted by molar-refractivity contribution is 5.87. The van der Waals surface area contributed by atoms with Crippen LogP contribution in [0, 0.1) is 0 Å². The summed E-state index contributed by atoms with van der Waals surface area (Å²) in [6.07, 6.45) is 0.252. The lowest BCUT2D eigenvalue weighted by Crippen LogP contribution is -2.25. The van der Waals surface area contributed by atoms with Crippen LogP contribution in [-0.2, 0) is 14.3 Å². The number of amides is 1. The maximum Gasteiger partial charge on any atom is 0.412 e. The molecule has 1 amide bonds. The fourth-order valence-corrected chi connectivity index (χ4v) is 0.616. The van der Waals surface area contributed by atoms with Gasteiger partial charge < -0.3 is 9.84 Å². The number of hydrogen-bond donors (Lipinski definition) is 2. The van der Waals surface area contributed by atoms with Crippen molar-refractivity contribution >= 4 is 18.1 Å². The molecule has 2 N–H and O–H groups in total. The van der Waals surface area contributed by atoms with Gasteiger partial charge in [0.25, 0.3) is 0 Å². The summed E-state index contributed by atoms with van der Waals surface area (Å²) >= 11 is 0. The van der Waals surface area contributed by atoms with Gasteiger partial charge in [-0.25, -0.2) is 14.4 Å². The Bertz CT molecular complexity index is 341. The molecule has 0 rings (SSSR count). The number of aliphatic carboxylic acids is 1. The maximum absolute atomic E-state index is 10.9. The largest absolute Gasteiger partial charge is 0.478 e. The Morgan fingerprint density at radius 3 is 2.53 bits per heavy atom. The van der Waals surface area contributed by atoms with Gasteiger partial charge in [-0.05, 0) is 13.8 Å². The number of carboxylic acids is 1. The predicted octanol–water partition coefficient (Wildman–Crippen LogP) is 0.384. The summed E-state index contributed by atoms with van der Waals surface area (Å²) in [7, 11) is 0. The molecule has 0 unspecified atom stereocenters. The first-order valence-electron chi connectivity index (χ1n) is 3.98. The number of carbonyl (C=O) groups is 2. The Labute approximate surface area is 85.4 Å². The van der Waals surface area contributed by atoms with E-state index in [0.29, 0.717) is 0 Å². The van der Waals surface area contributed by atoms with Crippen molar-refractivity contribution < 1.29 is 24.2 Å². The number of aliphatic imine (C=N–C) groups is 1. The van der Waals surface area contributed by atoms with Crippen LogP contribution in [0.2, 0.25) is 0 Å². The zero-order valence-electron chi connectivity index (χ0n) is 8.23. The number of alkyl carbamates (subject to hydrolysis) is 1. The minimum Gasteiger partial charge on any atom is -0.478 e. The van der Waals surface area contributed by atoms with Crippen LogP contribution in [0.5, 0.6) is 0 Å². The standard InChI is InChI=1S/C8H10N2O5/c1-3-15-8(14)10-6(9-4-11)5(2)7(12)13/h3H2,1-2H3,(H,10,14)(H,12,13). The molecule has 0 saturated heterocycles. The van der Waals surface area contributed by atoms with E-state index in [1.165, 1.54) is 6.92 Å². The first kappa shape index (κ1) is 12.9. The molecule has 0 heterocycles. The second-order valence-corrected chi connectivity index (χ2v) is 2.33. The molecule has 0 saturated carbocycles. The highest BCUT2D eigenvalue weighted by atomic mass is 16.5. The number of nitrogens with zero attached hydrogens (tertiary/aromatic N) is 1. The van der Waals surface area contributed by atoms with Crippen LogP contribution in [0.3, 0.4) is 0 Å². The van der Waals surface area contributed by atoms with Crippen molar-refractivity contribution in [1.82, 2.24) is 5.32 Å². The summed E-state index contributed by atoms with van der Waals surface area (Å²) in [5, 5.41) is 10.6. The number of ether oxygens (including phenoxy) is 1. The highest BCUT2D eigenvalue weighted by Crippen LogP contribution is 2.02. The second-order valence-electron chi connectivity index (χ2n) is 2.33. The molecule has 0 aliphatic carbocycles. The maximum atomic E-state index is 10.9. The minimum atomic E-state index is -1.30. The lowest BCUT2D eigenvalue weighted by atomic mass is 10.3. The number of hydrogen-bond acceptors (Lipinski definition) is 5. The van der Waals surface area contributed by atoms with E-state index in [2.05, 4.69) is 9.73 Å². The molecule has 0 bridgehead atoms. The van der Waals surface area contributed by atoms with E-state index in [-0.39, 0.29) is 12.2 Å². The summed E-state index contributed by atoms with van der Waals surface area (Å²) in [6, 6.07) is 0. The third-order valence-corrected chi connectivity index (χ3v) is 1.33. The van der Waals surface area contributed by atoms with E-state index >= 15 is 0 Å². The van der Waals surface area contributed by atoms with Gasteiger partial charge in [-0.2, -0.15) is 0 Å². The molecule has 0 aromatic heterocycles. The molecule has 0 atom stereocenters. The Kier molecular flexibility index (Phi) is 5.43. The van der Waals surface area contributed by atoms with Crippen molar-refractivity contribution in [2.75, 3.05) is 6.61 Å². The van der Waals surface area contributed by atoms with Crippen molar-refractivity contribution in [3.05, 3.63) is 11.4 Å². The summed E-state index contributed by atoms with van der Waals surface area (Å²) < 4.78 is 4.48. The van der Waals surface area contributed by atoms with E-state index in [9.17, 15) is 14.4 Å². The highest BCUT2D eigenvalue weighted by Gasteiger charge is 2.12. The van der Waals surface area contributed by atoms with Gasteiger partial charge in [-0.15, -0.1) is 4.99 Å². The monoisotopic (exact) mass is 214 g/mol. The van der Waals surface area contributed by atoms with Crippen LogP contribution in [0.1, 0.15) is 13.8 Å². The number of carbonyl (C=O) groups excluding carboxylic acids is 2. The molecule has 15 heavy (non-hydrogen) atoms. The molecule has 0 aliphatic heterocycles. The van der Waals surface area contributed by atoms with Gasteiger partial charge in [-0.3, -0.25) is 5.32 Å². The van der Waals surface area contributed by atoms with Crippen molar-refractivity contribution in [3.63, 3.8) is 0 Å². The Morgan fingerprint density at radius 2 is 2.13 bits per heavy atom. The molecule has 82 valence electrons. The van der Waals surface area contributed by atoms with Crippen LogP contribution in [0.15, 0.2) is 16.4 Å². The number of rotatable bonds is 4. The third kappa shape index (κ3) is 4.58. The molecule has 0 radical (unpaired) electrons. The molecule has 0 aliphatic rings. The van der Waals surface area contributed by atoms with Gasteiger partial charge >= 0.3 is 12.1 Å². The van der Waals surface area contributed by atoms with Gasteiger partial charge in [0, 0.05) is 0 Å². The lowest BCUT2D eigenvalue weighted by molar-refractivity contribution is -0.132. The van der Waals surface area contributed by atoms with Crippen LogP contribution < -0.4 is 5.32 Å². The normalized spacial score (nSPS) is 10.8. The molecular formula is C8H10N2O5. The van der Waals surface area contributed by atoms with Crippen molar-refractivity contribution in [1.29, 1.82) is 0 Å². The van der Waals surface area contributed by atoms with Gasteiger partial charge in [0.2, 0.25) is 6.08 Å². The SMILES string of the molecule is CCOC(=O)NC(N=C=O)=C(C)C(=O)O. The zero-order valence-corrected chi connectivity index (χ0v) is 8.23. The van der Waals surface area contributed by atoms with E-state index in [1.54, 1.807) is 6.92 Å². The van der Waals surface area contributed by atoms with Gasteiger partial charge in [0.05, 0.1) is 12.2 Å². The van der Waals surface area contributed by atoms with Gasteiger partial charge in [-0.1, -0.05) is 0 Å². The number of nitrogens with one attached hydrogen (secondary N) is 1. The van der Waals surface area contributed by atoms with E-state index in [1.807, 2.05) is 5.32 Å². The van der Waals surface area contributed by atoms with Crippen molar-refractivity contribution in [2.24, 2.45) is 4.99 Å². The first-order valence-corrected chi connectivity index (χ1v) is 3.98. The summed E-state index contributed by atoms with van der Waals surface area (Å²) in [4.78, 5) is 34.4. The quantitative estimate of drug-likeness (QED) is 0.400. The van der Waals surface area contributed by atoms with E-state index in [4.69, 9.17) is 5.11 Å². The predicted molar refractivity (Wildman–Crippen MR) is 48.6 cm³/mol. The molecular weight excluding hydrogens is 204 g/mol. The average Bonchev–Trinajstić information content (AvgIpc) is 2.16. The van der Waals surface area contributed by atoms with E-state index < -0.39 is 17.9 Å². The van der Waals surface area contributed by atoms with Crippen molar-refractivity contribution in [3.8, 4) is 0 Å². The van der Waals surface area contributed by atoms with Crippen LogP contribution in [0.25, 0.3) is 0 Å². The lowest BCUT2D eigenvalue weighted by Gasteiger charge is -2.05. The number of isocyanates is 1. The molecule has 7 nitrogen and oxygen atoms in total. The van der Waals surface area contributed by atoms with E-state index in [0.717, 1.165) is 6.08 Å². The molecule has 0 fully saturated rings. The van der Waals surface area contributed by atoms with Crippen molar-refractivity contribution in [2.45, 2.75) is 13.8 Å². The fourth-order valence-electron chi connectivity index (χ4n) is 0.616. The summed E-state index contributed by atoms with van der Waals surface area (Å²) in [6.45, 7) is 2.89. The molecule has 0 aromatic rings.